The summed E-state index contributed by atoms with van der Waals surface area (Å²) in [6.45, 7) is 0. The second-order valence-electron chi connectivity index (χ2n) is 4.06. The molecule has 0 aliphatic rings. The summed E-state index contributed by atoms with van der Waals surface area (Å²) in [5.41, 5.74) is 0.877. The largest absolute Gasteiger partial charge is 0.477 e. The summed E-state index contributed by atoms with van der Waals surface area (Å²) in [6.07, 6.45) is 2.83. The maximum Gasteiger partial charge on any atom is 0.354 e. The minimum Gasteiger partial charge on any atom is -0.477 e. The van der Waals surface area contributed by atoms with Crippen LogP contribution in [0.1, 0.15) is 21.0 Å². The van der Waals surface area contributed by atoms with Crippen LogP contribution in [0.4, 0.5) is 5.69 Å². The number of fused-ring (bicyclic) bond motifs is 1. The lowest BCUT2D eigenvalue weighted by atomic mass is 10.2. The molecule has 0 saturated carbocycles. The van der Waals surface area contributed by atoms with Crippen molar-refractivity contribution in [3.05, 3.63) is 42.1 Å². The first-order chi connectivity index (χ1) is 9.65. The first kappa shape index (κ1) is 11.9. The number of carboxylic acid groups (broad SMARTS) is 1. The Morgan fingerprint density at radius 3 is 2.95 bits per heavy atom. The van der Waals surface area contributed by atoms with Gasteiger partial charge < -0.3 is 15.4 Å². The molecule has 8 heteroatoms. The van der Waals surface area contributed by atoms with Gasteiger partial charge in [-0.15, -0.1) is 0 Å². The molecule has 0 radical (unpaired) electrons. The Hall–Kier alpha value is -3.16. The highest BCUT2D eigenvalue weighted by atomic mass is 16.4. The maximum absolute atomic E-state index is 12.0. The number of nitrogens with zero attached hydrogens (tertiary/aromatic N) is 2. The van der Waals surface area contributed by atoms with E-state index in [1.54, 1.807) is 24.4 Å². The molecule has 0 fully saturated rings. The van der Waals surface area contributed by atoms with Crippen molar-refractivity contribution >= 4 is 28.5 Å². The third-order valence-corrected chi connectivity index (χ3v) is 2.77. The lowest BCUT2D eigenvalue weighted by molar-refractivity contribution is 0.0686. The van der Waals surface area contributed by atoms with Gasteiger partial charge >= 0.3 is 5.97 Å². The number of aromatic nitrogens is 4. The van der Waals surface area contributed by atoms with E-state index in [1.165, 1.54) is 0 Å². The standard InChI is InChI=1S/C12H9N5O3/c18-11(9-10(12(19)20)14-5-13-9)16-7-2-1-6-4-15-17-8(6)3-7/h1-5H,(H,13,14)(H,15,17)(H,16,18)(H,19,20). The first-order valence-electron chi connectivity index (χ1n) is 5.66. The van der Waals surface area contributed by atoms with Crippen LogP contribution in [0.15, 0.2) is 30.7 Å². The molecule has 0 unspecified atom stereocenters. The average molecular weight is 271 g/mol. The number of anilines is 1. The van der Waals surface area contributed by atoms with Crippen LogP contribution in [-0.2, 0) is 0 Å². The van der Waals surface area contributed by atoms with Crippen LogP contribution in [0.3, 0.4) is 0 Å². The zero-order chi connectivity index (χ0) is 14.1. The fourth-order valence-corrected chi connectivity index (χ4v) is 1.83. The monoisotopic (exact) mass is 271 g/mol. The molecule has 0 saturated heterocycles. The van der Waals surface area contributed by atoms with E-state index < -0.39 is 11.9 Å². The van der Waals surface area contributed by atoms with E-state index in [1.807, 2.05) is 0 Å². The van der Waals surface area contributed by atoms with Gasteiger partial charge in [0.25, 0.3) is 5.91 Å². The number of benzene rings is 1. The van der Waals surface area contributed by atoms with Crippen LogP contribution < -0.4 is 5.32 Å². The van der Waals surface area contributed by atoms with Gasteiger partial charge in [0.2, 0.25) is 0 Å². The number of carbonyl (C=O) groups is 2. The summed E-state index contributed by atoms with van der Waals surface area (Å²) in [7, 11) is 0. The summed E-state index contributed by atoms with van der Waals surface area (Å²) in [5.74, 6) is -1.83. The minimum atomic E-state index is -1.24. The Labute approximate surface area is 111 Å². The van der Waals surface area contributed by atoms with Crippen molar-refractivity contribution in [3.63, 3.8) is 0 Å². The molecule has 4 N–H and O–H groups in total. The minimum absolute atomic E-state index is 0.165. The molecular weight excluding hydrogens is 262 g/mol. The molecule has 2 aromatic heterocycles. The van der Waals surface area contributed by atoms with Gasteiger partial charge in [0.15, 0.2) is 11.4 Å². The highest BCUT2D eigenvalue weighted by molar-refractivity contribution is 6.09. The van der Waals surface area contributed by atoms with Crippen molar-refractivity contribution in [2.75, 3.05) is 5.32 Å². The molecule has 0 spiro atoms. The fourth-order valence-electron chi connectivity index (χ4n) is 1.83. The Kier molecular flexibility index (Phi) is 2.68. The van der Waals surface area contributed by atoms with Crippen molar-refractivity contribution in [2.24, 2.45) is 0 Å². The lowest BCUT2D eigenvalue weighted by Gasteiger charge is -2.04. The molecule has 100 valence electrons. The predicted octanol–water partition coefficient (Wildman–Crippen LogP) is 1.24. The Bertz CT molecular complexity index is 804. The lowest BCUT2D eigenvalue weighted by Crippen LogP contribution is -2.16. The number of H-pyrrole nitrogens is 2. The van der Waals surface area contributed by atoms with Gasteiger partial charge in [-0.1, -0.05) is 0 Å². The van der Waals surface area contributed by atoms with E-state index in [9.17, 15) is 9.59 Å². The van der Waals surface area contributed by atoms with E-state index in [2.05, 4.69) is 25.5 Å². The summed E-state index contributed by atoms with van der Waals surface area (Å²) in [4.78, 5) is 29.0. The molecule has 20 heavy (non-hydrogen) atoms. The van der Waals surface area contributed by atoms with Crippen LogP contribution in [-0.4, -0.2) is 37.1 Å². The van der Waals surface area contributed by atoms with Gasteiger partial charge in [0, 0.05) is 11.1 Å². The molecule has 0 bridgehead atoms. The summed E-state index contributed by atoms with van der Waals surface area (Å²) < 4.78 is 0. The molecule has 2 heterocycles. The van der Waals surface area contributed by atoms with Crippen LogP contribution >= 0.6 is 0 Å². The normalized spacial score (nSPS) is 10.6. The molecule has 1 amide bonds. The fraction of sp³-hybridized carbons (Fsp3) is 0. The van der Waals surface area contributed by atoms with Gasteiger partial charge in [0.1, 0.15) is 0 Å². The van der Waals surface area contributed by atoms with Gasteiger partial charge in [-0.2, -0.15) is 5.10 Å². The molecule has 0 atom stereocenters. The third-order valence-electron chi connectivity index (χ3n) is 2.77. The number of imidazole rings is 1. The van der Waals surface area contributed by atoms with E-state index in [-0.39, 0.29) is 11.4 Å². The maximum atomic E-state index is 12.0. The van der Waals surface area contributed by atoms with Crippen LogP contribution in [0, 0.1) is 0 Å². The molecular formula is C12H9N5O3. The number of aromatic amines is 2. The summed E-state index contributed by atoms with van der Waals surface area (Å²) in [5, 5.41) is 19.1. The number of hydrogen-bond donors (Lipinski definition) is 4. The van der Waals surface area contributed by atoms with Crippen LogP contribution in [0.5, 0.6) is 0 Å². The topological polar surface area (TPSA) is 124 Å². The molecule has 8 nitrogen and oxygen atoms in total. The van der Waals surface area contributed by atoms with Crippen molar-refractivity contribution in [2.45, 2.75) is 0 Å². The number of nitrogens with one attached hydrogen (secondary N) is 3. The zero-order valence-electron chi connectivity index (χ0n) is 10.0. The SMILES string of the molecule is O=C(Nc1ccc2cn[nH]c2c1)c1nc[nH]c1C(=O)O. The molecule has 0 aliphatic heterocycles. The van der Waals surface area contributed by atoms with Gasteiger partial charge in [-0.25, -0.2) is 9.78 Å². The van der Waals surface area contributed by atoms with E-state index in [0.29, 0.717) is 5.69 Å². The molecule has 1 aromatic carbocycles. The summed E-state index contributed by atoms with van der Waals surface area (Å²) >= 11 is 0. The van der Waals surface area contributed by atoms with Crippen molar-refractivity contribution in [1.82, 2.24) is 20.2 Å². The third kappa shape index (κ3) is 1.99. The number of carbonyl (C=O) groups excluding carboxylic acids is 1. The Morgan fingerprint density at radius 2 is 2.15 bits per heavy atom. The van der Waals surface area contributed by atoms with Gasteiger partial charge in [0.05, 0.1) is 18.0 Å². The van der Waals surface area contributed by atoms with Crippen LogP contribution in [0.2, 0.25) is 0 Å². The van der Waals surface area contributed by atoms with Crippen molar-refractivity contribution in [1.29, 1.82) is 0 Å². The number of aromatic carboxylic acids is 1. The van der Waals surface area contributed by atoms with Crippen molar-refractivity contribution < 1.29 is 14.7 Å². The smallest absolute Gasteiger partial charge is 0.354 e. The second kappa shape index (κ2) is 4.50. The number of rotatable bonds is 3. The van der Waals surface area contributed by atoms with E-state index >= 15 is 0 Å². The highest BCUT2D eigenvalue weighted by Gasteiger charge is 2.19. The highest BCUT2D eigenvalue weighted by Crippen LogP contribution is 2.17. The second-order valence-corrected chi connectivity index (χ2v) is 4.06. The van der Waals surface area contributed by atoms with Crippen LogP contribution in [0.25, 0.3) is 10.9 Å². The van der Waals surface area contributed by atoms with E-state index in [4.69, 9.17) is 5.11 Å². The Morgan fingerprint density at radius 1 is 1.30 bits per heavy atom. The molecule has 3 rings (SSSR count). The first-order valence-corrected chi connectivity index (χ1v) is 5.66. The number of amides is 1. The number of hydrogen-bond acceptors (Lipinski definition) is 4. The average Bonchev–Trinajstić information content (AvgIpc) is 3.06. The van der Waals surface area contributed by atoms with Gasteiger partial charge in [-0.05, 0) is 18.2 Å². The van der Waals surface area contributed by atoms with Crippen molar-refractivity contribution in [3.8, 4) is 0 Å². The predicted molar refractivity (Wildman–Crippen MR) is 69.6 cm³/mol. The van der Waals surface area contributed by atoms with Gasteiger partial charge in [-0.3, -0.25) is 9.89 Å². The summed E-state index contributed by atoms with van der Waals surface area (Å²) in [6, 6.07) is 5.19. The Balaban J connectivity index is 1.88. The zero-order valence-corrected chi connectivity index (χ0v) is 10.0. The molecule has 0 aliphatic carbocycles. The quantitative estimate of drug-likeness (QED) is 0.570. The number of carboxylic acids is 1. The van der Waals surface area contributed by atoms with E-state index in [0.717, 1.165) is 17.2 Å². The molecule has 3 aromatic rings.